The number of pyridine rings is 1. The van der Waals surface area contributed by atoms with Crippen molar-refractivity contribution >= 4 is 22.2 Å². The van der Waals surface area contributed by atoms with Crippen molar-refractivity contribution in [2.75, 3.05) is 6.54 Å². The van der Waals surface area contributed by atoms with Crippen molar-refractivity contribution in [3.05, 3.63) is 77.4 Å². The summed E-state index contributed by atoms with van der Waals surface area (Å²) in [4.78, 5) is 25.2. The van der Waals surface area contributed by atoms with E-state index in [9.17, 15) is 9.18 Å². The summed E-state index contributed by atoms with van der Waals surface area (Å²) in [6.45, 7) is 0.711. The molecule has 146 valence electrons. The average Bonchev–Trinajstić information content (AvgIpc) is 3.35. The number of amides is 1. The Hall–Kier alpha value is -3.06. The van der Waals surface area contributed by atoms with Crippen LogP contribution in [0.15, 0.2) is 60.2 Å². The van der Waals surface area contributed by atoms with Gasteiger partial charge in [-0.05, 0) is 43.5 Å². The summed E-state index contributed by atoms with van der Waals surface area (Å²) in [6, 6.07) is 12.2. The van der Waals surface area contributed by atoms with E-state index >= 15 is 0 Å². The molecule has 1 aliphatic heterocycles. The summed E-state index contributed by atoms with van der Waals surface area (Å²) in [5.74, 6) is -0.323. The van der Waals surface area contributed by atoms with Gasteiger partial charge in [0, 0.05) is 29.9 Å². The van der Waals surface area contributed by atoms with Gasteiger partial charge in [-0.1, -0.05) is 18.2 Å². The second-order valence-electron chi connectivity index (χ2n) is 7.17. The summed E-state index contributed by atoms with van der Waals surface area (Å²) >= 11 is 1.42. The zero-order chi connectivity index (χ0) is 19.8. The second kappa shape index (κ2) is 7.40. The van der Waals surface area contributed by atoms with Crippen molar-refractivity contribution in [3.63, 3.8) is 0 Å². The number of imidazole rings is 1. The summed E-state index contributed by atoms with van der Waals surface area (Å²) in [5.41, 5.74) is 2.87. The second-order valence-corrected chi connectivity index (χ2v) is 8.01. The number of carbonyl (C=O) groups excluding carboxylic acids is 1. The first-order chi connectivity index (χ1) is 14.2. The Morgan fingerprint density at radius 1 is 1.17 bits per heavy atom. The lowest BCUT2D eigenvalue weighted by Gasteiger charge is -2.35. The molecule has 1 aromatic carbocycles. The summed E-state index contributed by atoms with van der Waals surface area (Å²) < 4.78 is 15.4. The maximum atomic E-state index is 13.6. The number of benzene rings is 1. The number of hydrogen-bond donors (Lipinski definition) is 0. The number of aromatic nitrogens is 3. The molecule has 1 unspecified atom stereocenters. The van der Waals surface area contributed by atoms with Gasteiger partial charge in [0.2, 0.25) is 0 Å². The molecule has 3 aromatic heterocycles. The van der Waals surface area contributed by atoms with Gasteiger partial charge in [0.1, 0.15) is 11.5 Å². The maximum Gasteiger partial charge on any atom is 0.272 e. The first-order valence-corrected chi connectivity index (χ1v) is 10.5. The van der Waals surface area contributed by atoms with Gasteiger partial charge in [-0.3, -0.25) is 14.2 Å². The number of nitrogens with zero attached hydrogens (tertiary/aromatic N) is 4. The lowest BCUT2D eigenvalue weighted by atomic mass is 9.98. The first kappa shape index (κ1) is 18.0. The fourth-order valence-corrected chi connectivity index (χ4v) is 4.77. The van der Waals surface area contributed by atoms with Gasteiger partial charge < -0.3 is 4.90 Å². The highest BCUT2D eigenvalue weighted by Gasteiger charge is 2.31. The Morgan fingerprint density at radius 3 is 2.93 bits per heavy atom. The van der Waals surface area contributed by atoms with Crippen LogP contribution >= 0.6 is 11.3 Å². The molecule has 29 heavy (non-hydrogen) atoms. The van der Waals surface area contributed by atoms with E-state index in [2.05, 4.69) is 9.97 Å². The Kier molecular flexibility index (Phi) is 4.60. The number of likely N-dealkylation sites (tertiary alicyclic amines) is 1. The third kappa shape index (κ3) is 3.31. The first-order valence-electron chi connectivity index (χ1n) is 9.65. The molecule has 5 nitrogen and oxygen atoms in total. The number of piperidine rings is 1. The van der Waals surface area contributed by atoms with Gasteiger partial charge in [0.15, 0.2) is 4.96 Å². The van der Waals surface area contributed by atoms with E-state index in [1.165, 1.54) is 23.5 Å². The third-order valence-corrected chi connectivity index (χ3v) is 6.18. The van der Waals surface area contributed by atoms with Gasteiger partial charge in [-0.2, -0.15) is 0 Å². The van der Waals surface area contributed by atoms with E-state index in [1.807, 2.05) is 45.1 Å². The largest absolute Gasteiger partial charge is 0.329 e. The van der Waals surface area contributed by atoms with Crippen molar-refractivity contribution in [3.8, 4) is 11.3 Å². The van der Waals surface area contributed by atoms with Crippen LogP contribution in [-0.4, -0.2) is 31.7 Å². The molecule has 0 saturated carbocycles. The highest BCUT2D eigenvalue weighted by atomic mass is 32.1. The molecular weight excluding hydrogens is 387 g/mol. The van der Waals surface area contributed by atoms with Crippen LogP contribution in [0.25, 0.3) is 16.2 Å². The monoisotopic (exact) mass is 406 g/mol. The fourth-order valence-electron chi connectivity index (χ4n) is 3.93. The van der Waals surface area contributed by atoms with E-state index in [4.69, 9.17) is 0 Å². The van der Waals surface area contributed by atoms with Crippen molar-refractivity contribution in [2.24, 2.45) is 0 Å². The van der Waals surface area contributed by atoms with Crippen LogP contribution < -0.4 is 0 Å². The van der Waals surface area contributed by atoms with Crippen LogP contribution in [0.2, 0.25) is 0 Å². The summed E-state index contributed by atoms with van der Waals surface area (Å²) in [7, 11) is 0. The summed E-state index contributed by atoms with van der Waals surface area (Å²) in [6.07, 6.45) is 6.57. The average molecular weight is 406 g/mol. The fraction of sp³-hybridized carbons (Fsp3) is 0.227. The molecule has 0 spiro atoms. The van der Waals surface area contributed by atoms with Gasteiger partial charge in [0.25, 0.3) is 5.91 Å². The van der Waals surface area contributed by atoms with Crippen molar-refractivity contribution < 1.29 is 9.18 Å². The number of rotatable bonds is 3. The zero-order valence-electron chi connectivity index (χ0n) is 15.7. The Labute approximate surface area is 171 Å². The number of thiazole rings is 1. The maximum absolute atomic E-state index is 13.6. The van der Waals surface area contributed by atoms with E-state index < -0.39 is 0 Å². The van der Waals surface area contributed by atoms with Crippen LogP contribution in [0.4, 0.5) is 4.39 Å². The van der Waals surface area contributed by atoms with E-state index in [0.29, 0.717) is 23.5 Å². The van der Waals surface area contributed by atoms with Gasteiger partial charge in [-0.15, -0.1) is 11.3 Å². The van der Waals surface area contributed by atoms with E-state index in [1.54, 1.807) is 12.3 Å². The molecule has 1 saturated heterocycles. The number of fused-ring (bicyclic) bond motifs is 1. The zero-order valence-corrected chi connectivity index (χ0v) is 16.5. The van der Waals surface area contributed by atoms with Crippen molar-refractivity contribution in [1.29, 1.82) is 0 Å². The molecular formula is C22H19FN4OS. The van der Waals surface area contributed by atoms with Crippen LogP contribution in [0.1, 0.15) is 41.5 Å². The molecule has 5 rings (SSSR count). The topological polar surface area (TPSA) is 50.5 Å². The van der Waals surface area contributed by atoms with Gasteiger partial charge in [0.05, 0.1) is 17.4 Å². The third-order valence-electron chi connectivity index (χ3n) is 5.34. The highest BCUT2D eigenvalue weighted by molar-refractivity contribution is 7.15. The quantitative estimate of drug-likeness (QED) is 0.483. The predicted octanol–water partition coefficient (Wildman–Crippen LogP) is 4.96. The van der Waals surface area contributed by atoms with E-state index in [-0.39, 0.29) is 17.8 Å². The normalized spacial score (nSPS) is 17.0. The van der Waals surface area contributed by atoms with Crippen LogP contribution in [-0.2, 0) is 0 Å². The lowest BCUT2D eigenvalue weighted by molar-refractivity contribution is 0.0599. The van der Waals surface area contributed by atoms with Gasteiger partial charge >= 0.3 is 0 Å². The molecule has 1 atom stereocenters. The molecule has 0 N–H and O–H groups in total. The molecule has 0 radical (unpaired) electrons. The van der Waals surface area contributed by atoms with Crippen molar-refractivity contribution in [1.82, 2.24) is 19.3 Å². The number of halogens is 1. The molecule has 1 amide bonds. The Balaban J connectivity index is 1.50. The predicted molar refractivity (Wildman–Crippen MR) is 110 cm³/mol. The number of carbonyl (C=O) groups is 1. The molecule has 0 bridgehead atoms. The standard InChI is InChI=1S/C22H19FN4OS/c23-16-7-5-6-15(12-16)18-13-27-20(14-29-22(27)25-18)21(28)26-11-4-2-9-19(26)17-8-1-3-10-24-17/h1,3,5-8,10,12-14,19H,2,4,9,11H2. The minimum Gasteiger partial charge on any atom is -0.329 e. The lowest BCUT2D eigenvalue weighted by Crippen LogP contribution is -2.39. The smallest absolute Gasteiger partial charge is 0.272 e. The van der Waals surface area contributed by atoms with Crippen LogP contribution in [0.3, 0.4) is 0 Å². The number of hydrogen-bond acceptors (Lipinski definition) is 4. The highest BCUT2D eigenvalue weighted by Crippen LogP contribution is 2.32. The Bertz CT molecular complexity index is 1170. The van der Waals surface area contributed by atoms with E-state index in [0.717, 1.165) is 29.9 Å². The van der Waals surface area contributed by atoms with Crippen LogP contribution in [0, 0.1) is 5.82 Å². The van der Waals surface area contributed by atoms with Gasteiger partial charge in [-0.25, -0.2) is 9.37 Å². The SMILES string of the molecule is O=C(c1csc2nc(-c3cccc(F)c3)cn12)N1CCCCC1c1ccccn1. The molecule has 1 aliphatic rings. The van der Waals surface area contributed by atoms with Crippen LogP contribution in [0.5, 0.6) is 0 Å². The molecule has 0 aliphatic carbocycles. The molecule has 4 heterocycles. The Morgan fingerprint density at radius 2 is 2.10 bits per heavy atom. The molecule has 7 heteroatoms. The van der Waals surface area contributed by atoms with Crippen molar-refractivity contribution in [2.45, 2.75) is 25.3 Å². The molecule has 4 aromatic rings. The minimum atomic E-state index is -0.304. The minimum absolute atomic E-state index is 0.0152. The summed E-state index contributed by atoms with van der Waals surface area (Å²) in [5, 5.41) is 1.85. The molecule has 1 fully saturated rings.